The molecule has 1 aromatic carbocycles. The largest absolute Gasteiger partial charge is 0.374 e. The maximum atomic E-state index is 6.20. The van der Waals surface area contributed by atoms with Crippen molar-refractivity contribution in [2.24, 2.45) is 0 Å². The van der Waals surface area contributed by atoms with Gasteiger partial charge in [-0.15, -0.1) is 0 Å². The third-order valence-electron chi connectivity index (χ3n) is 2.64. The number of nitrogens with zero attached hydrogens (tertiary/aromatic N) is 2. The van der Waals surface area contributed by atoms with Gasteiger partial charge >= 0.3 is 0 Å². The summed E-state index contributed by atoms with van der Waals surface area (Å²) in [7, 11) is 0. The Labute approximate surface area is 122 Å². The fourth-order valence-electron chi connectivity index (χ4n) is 1.66. The van der Waals surface area contributed by atoms with Crippen LogP contribution in [-0.2, 0) is 11.3 Å². The van der Waals surface area contributed by atoms with Gasteiger partial charge in [0.05, 0.1) is 5.56 Å². The minimum Gasteiger partial charge on any atom is -0.374 e. The number of halogens is 2. The highest BCUT2D eigenvalue weighted by molar-refractivity contribution is 6.37. The van der Waals surface area contributed by atoms with E-state index in [9.17, 15) is 0 Å². The molecule has 2 rings (SSSR count). The van der Waals surface area contributed by atoms with E-state index in [2.05, 4.69) is 9.97 Å². The number of aryl methyl sites for hydroxylation is 1. The second-order valence-corrected chi connectivity index (χ2v) is 4.82. The first-order valence-electron chi connectivity index (χ1n) is 5.98. The van der Waals surface area contributed by atoms with Crippen molar-refractivity contribution in [1.29, 1.82) is 0 Å². The molecule has 100 valence electrons. The average Bonchev–Trinajstić information content (AvgIpc) is 2.38. The van der Waals surface area contributed by atoms with E-state index in [0.29, 0.717) is 34.9 Å². The molecule has 0 aliphatic rings. The molecule has 0 radical (unpaired) electrons. The summed E-state index contributed by atoms with van der Waals surface area (Å²) in [6.07, 6.45) is 0. The Morgan fingerprint density at radius 3 is 2.16 bits per heavy atom. The number of hydrogen-bond acceptors (Lipinski definition) is 3. The van der Waals surface area contributed by atoms with E-state index in [0.717, 1.165) is 5.56 Å². The van der Waals surface area contributed by atoms with Gasteiger partial charge in [0, 0.05) is 6.61 Å². The highest BCUT2D eigenvalue weighted by Crippen LogP contribution is 2.32. The zero-order chi connectivity index (χ0) is 13.8. The zero-order valence-electron chi connectivity index (χ0n) is 10.8. The van der Waals surface area contributed by atoms with Gasteiger partial charge in [-0.05, 0) is 19.4 Å². The Morgan fingerprint density at radius 2 is 1.63 bits per heavy atom. The molecule has 0 bridgehead atoms. The predicted molar refractivity (Wildman–Crippen MR) is 77.6 cm³/mol. The van der Waals surface area contributed by atoms with Gasteiger partial charge in [0.2, 0.25) is 0 Å². The van der Waals surface area contributed by atoms with Crippen molar-refractivity contribution in [3.63, 3.8) is 0 Å². The summed E-state index contributed by atoms with van der Waals surface area (Å²) in [5.41, 5.74) is 2.73. The summed E-state index contributed by atoms with van der Waals surface area (Å²) >= 11 is 12.4. The first-order valence-corrected chi connectivity index (χ1v) is 6.74. The molecule has 19 heavy (non-hydrogen) atoms. The molecular weight excluding hydrogens is 283 g/mol. The average molecular weight is 297 g/mol. The minimum absolute atomic E-state index is 0.310. The van der Waals surface area contributed by atoms with Gasteiger partial charge in [-0.3, -0.25) is 0 Å². The summed E-state index contributed by atoms with van der Waals surface area (Å²) in [6.45, 7) is 4.83. The van der Waals surface area contributed by atoms with E-state index < -0.39 is 0 Å². The minimum atomic E-state index is 0.310. The van der Waals surface area contributed by atoms with Crippen LogP contribution >= 0.6 is 23.2 Å². The summed E-state index contributed by atoms with van der Waals surface area (Å²) < 4.78 is 5.25. The van der Waals surface area contributed by atoms with Crippen LogP contribution in [0.1, 0.15) is 18.3 Å². The van der Waals surface area contributed by atoms with Crippen LogP contribution in [0, 0.1) is 6.92 Å². The molecule has 0 N–H and O–H groups in total. The number of hydrogen-bond donors (Lipinski definition) is 0. The third kappa shape index (κ3) is 3.44. The fourth-order valence-corrected chi connectivity index (χ4v) is 2.31. The highest BCUT2D eigenvalue weighted by atomic mass is 35.5. The Morgan fingerprint density at radius 1 is 1.05 bits per heavy atom. The van der Waals surface area contributed by atoms with Crippen LogP contribution in [0.3, 0.4) is 0 Å². The molecule has 0 atom stereocenters. The van der Waals surface area contributed by atoms with Gasteiger partial charge in [0.25, 0.3) is 0 Å². The lowest BCUT2D eigenvalue weighted by atomic mass is 10.1. The second-order valence-electron chi connectivity index (χ2n) is 4.10. The third-order valence-corrected chi connectivity index (χ3v) is 3.19. The summed E-state index contributed by atoms with van der Waals surface area (Å²) in [5.74, 6) is 0.493. The number of aromatic nitrogens is 2. The molecule has 0 saturated carbocycles. The van der Waals surface area contributed by atoms with Crippen molar-refractivity contribution >= 4 is 23.2 Å². The lowest BCUT2D eigenvalue weighted by Crippen LogP contribution is -2.01. The lowest BCUT2D eigenvalue weighted by molar-refractivity contribution is 0.128. The van der Waals surface area contributed by atoms with Crippen molar-refractivity contribution in [3.05, 3.63) is 46.0 Å². The number of ether oxygens (including phenoxy) is 1. The molecular formula is C14H14Cl2N2O. The highest BCUT2D eigenvalue weighted by Gasteiger charge is 2.13. The van der Waals surface area contributed by atoms with E-state index in [4.69, 9.17) is 27.9 Å². The smallest absolute Gasteiger partial charge is 0.157 e. The predicted octanol–water partition coefficient (Wildman–Crippen LogP) is 4.30. The van der Waals surface area contributed by atoms with Gasteiger partial charge in [-0.1, -0.05) is 53.0 Å². The first-order chi connectivity index (χ1) is 9.11. The number of rotatable bonds is 4. The molecule has 2 aromatic rings. The lowest BCUT2D eigenvalue weighted by Gasteiger charge is -2.09. The van der Waals surface area contributed by atoms with Crippen LogP contribution in [-0.4, -0.2) is 16.6 Å². The van der Waals surface area contributed by atoms with E-state index in [-0.39, 0.29) is 0 Å². The summed E-state index contributed by atoms with van der Waals surface area (Å²) in [6, 6.07) is 7.90. The summed E-state index contributed by atoms with van der Waals surface area (Å²) in [4.78, 5) is 8.43. The van der Waals surface area contributed by atoms with E-state index in [1.165, 1.54) is 5.56 Å². The first kappa shape index (κ1) is 14.3. The van der Waals surface area contributed by atoms with Crippen molar-refractivity contribution in [1.82, 2.24) is 9.97 Å². The van der Waals surface area contributed by atoms with Gasteiger partial charge in [-0.25, -0.2) is 9.97 Å². The Bertz CT molecular complexity index is 547. The molecule has 5 heteroatoms. The van der Waals surface area contributed by atoms with E-state index >= 15 is 0 Å². The number of benzene rings is 1. The maximum Gasteiger partial charge on any atom is 0.157 e. The SMILES string of the molecule is CCOCc1nc(Cl)c(-c2ccc(C)cc2)c(Cl)n1. The molecule has 0 amide bonds. The molecule has 3 nitrogen and oxygen atoms in total. The standard InChI is InChI=1S/C14H14Cl2N2O/c1-3-19-8-11-17-13(15)12(14(16)18-11)10-6-4-9(2)5-7-10/h4-7H,3,8H2,1-2H3. The van der Waals surface area contributed by atoms with Crippen LogP contribution in [0.25, 0.3) is 11.1 Å². The second kappa shape index (κ2) is 6.33. The van der Waals surface area contributed by atoms with Gasteiger partial charge in [-0.2, -0.15) is 0 Å². The normalized spacial score (nSPS) is 10.7. The molecule has 1 aromatic heterocycles. The van der Waals surface area contributed by atoms with Crippen molar-refractivity contribution in [2.45, 2.75) is 20.5 Å². The molecule has 0 saturated heterocycles. The molecule has 0 aliphatic heterocycles. The fraction of sp³-hybridized carbons (Fsp3) is 0.286. The van der Waals surface area contributed by atoms with Gasteiger partial charge in [0.1, 0.15) is 16.9 Å². The van der Waals surface area contributed by atoms with Crippen LogP contribution in [0.2, 0.25) is 10.3 Å². The Hall–Kier alpha value is -1.16. The van der Waals surface area contributed by atoms with Crippen LogP contribution in [0.4, 0.5) is 0 Å². The van der Waals surface area contributed by atoms with Crippen LogP contribution in [0.15, 0.2) is 24.3 Å². The maximum absolute atomic E-state index is 6.20. The van der Waals surface area contributed by atoms with Crippen molar-refractivity contribution in [3.8, 4) is 11.1 Å². The topological polar surface area (TPSA) is 35.0 Å². The van der Waals surface area contributed by atoms with E-state index in [1.54, 1.807) is 0 Å². The molecule has 0 unspecified atom stereocenters. The van der Waals surface area contributed by atoms with Crippen LogP contribution < -0.4 is 0 Å². The molecule has 0 spiro atoms. The molecule has 0 fully saturated rings. The quantitative estimate of drug-likeness (QED) is 0.789. The van der Waals surface area contributed by atoms with Gasteiger partial charge in [0.15, 0.2) is 5.82 Å². The van der Waals surface area contributed by atoms with Crippen LogP contribution in [0.5, 0.6) is 0 Å². The van der Waals surface area contributed by atoms with Crippen molar-refractivity contribution in [2.75, 3.05) is 6.61 Å². The van der Waals surface area contributed by atoms with Crippen molar-refractivity contribution < 1.29 is 4.74 Å². The monoisotopic (exact) mass is 296 g/mol. The summed E-state index contributed by atoms with van der Waals surface area (Å²) in [5, 5.41) is 0.692. The Balaban J connectivity index is 2.38. The zero-order valence-corrected chi connectivity index (χ0v) is 12.3. The van der Waals surface area contributed by atoms with E-state index in [1.807, 2.05) is 38.1 Å². The molecule has 1 heterocycles. The molecule has 0 aliphatic carbocycles. The Kier molecular flexibility index (Phi) is 4.75. The van der Waals surface area contributed by atoms with Gasteiger partial charge < -0.3 is 4.74 Å².